The maximum absolute atomic E-state index is 12.4. The number of hydrogen-bond donors (Lipinski definition) is 2. The molecule has 0 radical (unpaired) electrons. The van der Waals surface area contributed by atoms with Gasteiger partial charge >= 0.3 is 6.18 Å². The first-order valence-corrected chi connectivity index (χ1v) is 4.70. The first-order valence-electron chi connectivity index (χ1n) is 4.70. The average molecular weight is 244 g/mol. The van der Waals surface area contributed by atoms with Crippen LogP contribution in [0.25, 0.3) is 0 Å². The standard InChI is InChI=1S/C11H11F3N2O/c1-7(8(2)17)15-16-10-5-3-4-9(6-10)11(12,13)14/h3-6,15-16H,1H2,2H3. The third-order valence-electron chi connectivity index (χ3n) is 1.97. The molecule has 0 unspecified atom stereocenters. The minimum atomic E-state index is -4.39. The Morgan fingerprint density at radius 2 is 2.00 bits per heavy atom. The summed E-state index contributed by atoms with van der Waals surface area (Å²) < 4.78 is 37.1. The van der Waals surface area contributed by atoms with E-state index in [0.717, 1.165) is 12.1 Å². The van der Waals surface area contributed by atoms with Gasteiger partial charge in [0.2, 0.25) is 0 Å². The van der Waals surface area contributed by atoms with Crippen molar-refractivity contribution in [3.63, 3.8) is 0 Å². The van der Waals surface area contributed by atoms with Crippen LogP contribution in [0.2, 0.25) is 0 Å². The van der Waals surface area contributed by atoms with Crippen LogP contribution in [0, 0.1) is 0 Å². The van der Waals surface area contributed by atoms with E-state index in [1.807, 2.05) is 0 Å². The number of allylic oxidation sites excluding steroid dienone is 1. The van der Waals surface area contributed by atoms with E-state index < -0.39 is 11.7 Å². The van der Waals surface area contributed by atoms with Crippen LogP contribution in [0.3, 0.4) is 0 Å². The first-order chi connectivity index (χ1) is 7.80. The summed E-state index contributed by atoms with van der Waals surface area (Å²) in [6.45, 7) is 4.69. The molecule has 0 saturated heterocycles. The van der Waals surface area contributed by atoms with Crippen molar-refractivity contribution in [2.45, 2.75) is 13.1 Å². The summed E-state index contributed by atoms with van der Waals surface area (Å²) in [6, 6.07) is 4.60. The highest BCUT2D eigenvalue weighted by molar-refractivity contribution is 5.92. The lowest BCUT2D eigenvalue weighted by Crippen LogP contribution is -2.24. The van der Waals surface area contributed by atoms with E-state index in [0.29, 0.717) is 0 Å². The topological polar surface area (TPSA) is 41.1 Å². The predicted molar refractivity (Wildman–Crippen MR) is 58.0 cm³/mol. The zero-order valence-electron chi connectivity index (χ0n) is 9.06. The van der Waals surface area contributed by atoms with E-state index in [1.165, 1.54) is 19.1 Å². The van der Waals surface area contributed by atoms with Gasteiger partial charge < -0.3 is 5.43 Å². The number of hydrogen-bond acceptors (Lipinski definition) is 3. The molecule has 92 valence electrons. The molecule has 0 spiro atoms. The minimum Gasteiger partial charge on any atom is -0.301 e. The van der Waals surface area contributed by atoms with Crippen LogP contribution in [0.15, 0.2) is 36.5 Å². The Labute approximate surface area is 96.3 Å². The summed E-state index contributed by atoms with van der Waals surface area (Å²) in [5, 5.41) is 0. The van der Waals surface area contributed by atoms with E-state index >= 15 is 0 Å². The Morgan fingerprint density at radius 3 is 2.53 bits per heavy atom. The monoisotopic (exact) mass is 244 g/mol. The van der Waals surface area contributed by atoms with Crippen LogP contribution in [0.4, 0.5) is 18.9 Å². The van der Waals surface area contributed by atoms with Crippen LogP contribution in [0.5, 0.6) is 0 Å². The molecule has 1 aromatic rings. The third-order valence-corrected chi connectivity index (χ3v) is 1.97. The molecule has 0 aliphatic carbocycles. The van der Waals surface area contributed by atoms with Crippen molar-refractivity contribution in [3.05, 3.63) is 42.1 Å². The fourth-order valence-electron chi connectivity index (χ4n) is 1.01. The van der Waals surface area contributed by atoms with Crippen LogP contribution in [-0.4, -0.2) is 5.78 Å². The number of anilines is 1. The molecule has 1 aromatic carbocycles. The summed E-state index contributed by atoms with van der Waals surface area (Å²) >= 11 is 0. The number of nitrogens with one attached hydrogen (secondary N) is 2. The van der Waals surface area contributed by atoms with Crippen molar-refractivity contribution in [1.82, 2.24) is 5.43 Å². The average Bonchev–Trinajstić information content (AvgIpc) is 2.25. The Bertz CT molecular complexity index is 441. The molecule has 0 bridgehead atoms. The number of ketones is 1. The molecule has 3 nitrogen and oxygen atoms in total. The first kappa shape index (κ1) is 13.1. The molecule has 0 aliphatic rings. The van der Waals surface area contributed by atoms with E-state index in [2.05, 4.69) is 17.4 Å². The van der Waals surface area contributed by atoms with Crippen molar-refractivity contribution in [3.8, 4) is 0 Å². The van der Waals surface area contributed by atoms with Gasteiger partial charge in [-0.25, -0.2) is 0 Å². The fraction of sp³-hybridized carbons (Fsp3) is 0.182. The molecule has 0 saturated carbocycles. The molecule has 2 N–H and O–H groups in total. The third kappa shape index (κ3) is 3.82. The molecule has 0 atom stereocenters. The van der Waals surface area contributed by atoms with Gasteiger partial charge in [-0.05, 0) is 18.2 Å². The van der Waals surface area contributed by atoms with Crippen molar-refractivity contribution in [2.75, 3.05) is 5.43 Å². The van der Waals surface area contributed by atoms with Crippen LogP contribution in [0.1, 0.15) is 12.5 Å². The Morgan fingerprint density at radius 1 is 1.35 bits per heavy atom. The highest BCUT2D eigenvalue weighted by atomic mass is 19.4. The van der Waals surface area contributed by atoms with Gasteiger partial charge in [0.1, 0.15) is 0 Å². The molecule has 6 heteroatoms. The quantitative estimate of drug-likeness (QED) is 0.632. The molecule has 17 heavy (non-hydrogen) atoms. The largest absolute Gasteiger partial charge is 0.416 e. The second-order valence-corrected chi connectivity index (χ2v) is 3.36. The van der Waals surface area contributed by atoms with Crippen LogP contribution >= 0.6 is 0 Å². The molecule has 0 aliphatic heterocycles. The Hall–Kier alpha value is -1.98. The summed E-state index contributed by atoms with van der Waals surface area (Å²) in [5.74, 6) is -0.301. The van der Waals surface area contributed by atoms with E-state index in [-0.39, 0.29) is 17.2 Å². The lowest BCUT2D eigenvalue weighted by Gasteiger charge is -2.12. The summed E-state index contributed by atoms with van der Waals surface area (Å²) in [7, 11) is 0. The highest BCUT2D eigenvalue weighted by Crippen LogP contribution is 2.30. The smallest absolute Gasteiger partial charge is 0.301 e. The number of halogens is 3. The zero-order chi connectivity index (χ0) is 13.1. The SMILES string of the molecule is C=C(NNc1cccc(C(F)(F)F)c1)C(C)=O. The van der Waals surface area contributed by atoms with E-state index in [1.54, 1.807) is 0 Å². The normalized spacial score (nSPS) is 10.8. The van der Waals surface area contributed by atoms with Crippen molar-refractivity contribution >= 4 is 11.5 Å². The van der Waals surface area contributed by atoms with Gasteiger partial charge in [0.05, 0.1) is 16.9 Å². The van der Waals surface area contributed by atoms with Crippen LogP contribution in [-0.2, 0) is 11.0 Å². The summed E-state index contributed by atoms with van der Waals surface area (Å²) in [5.41, 5.74) is 4.39. The molecule has 0 amide bonds. The molecule has 0 fully saturated rings. The number of Topliss-reactive ketones (excluding diaryl/α,β-unsaturated/α-hetero) is 1. The molecular formula is C11H11F3N2O. The number of benzene rings is 1. The molecule has 0 heterocycles. The second kappa shape index (κ2) is 4.90. The van der Waals surface area contributed by atoms with Gasteiger partial charge in [-0.2, -0.15) is 13.2 Å². The van der Waals surface area contributed by atoms with Gasteiger partial charge in [-0.15, -0.1) is 0 Å². The Kier molecular flexibility index (Phi) is 3.77. The summed E-state index contributed by atoms with van der Waals surface area (Å²) in [6.07, 6.45) is -4.39. The van der Waals surface area contributed by atoms with Gasteiger partial charge in [-0.1, -0.05) is 12.6 Å². The van der Waals surface area contributed by atoms with Gasteiger partial charge in [0, 0.05) is 6.92 Å². The maximum Gasteiger partial charge on any atom is 0.416 e. The van der Waals surface area contributed by atoms with Gasteiger partial charge in [-0.3, -0.25) is 10.2 Å². The van der Waals surface area contributed by atoms with Crippen LogP contribution < -0.4 is 10.9 Å². The second-order valence-electron chi connectivity index (χ2n) is 3.36. The van der Waals surface area contributed by atoms with Gasteiger partial charge in [0.15, 0.2) is 5.78 Å². The van der Waals surface area contributed by atoms with Crippen molar-refractivity contribution in [2.24, 2.45) is 0 Å². The minimum absolute atomic E-state index is 0.0717. The number of hydrazine groups is 1. The molecule has 1 rings (SSSR count). The zero-order valence-corrected chi connectivity index (χ0v) is 9.06. The van der Waals surface area contributed by atoms with Crippen molar-refractivity contribution in [1.29, 1.82) is 0 Å². The lowest BCUT2D eigenvalue weighted by molar-refractivity contribution is -0.137. The maximum atomic E-state index is 12.4. The number of rotatable bonds is 4. The number of alkyl halides is 3. The van der Waals surface area contributed by atoms with E-state index in [9.17, 15) is 18.0 Å². The van der Waals surface area contributed by atoms with Crippen molar-refractivity contribution < 1.29 is 18.0 Å². The predicted octanol–water partition coefficient (Wildman–Crippen LogP) is 2.72. The number of carbonyl (C=O) groups is 1. The Balaban J connectivity index is 2.73. The fourth-order valence-corrected chi connectivity index (χ4v) is 1.01. The number of carbonyl (C=O) groups excluding carboxylic acids is 1. The molecular weight excluding hydrogens is 233 g/mol. The molecule has 0 aromatic heterocycles. The van der Waals surface area contributed by atoms with Gasteiger partial charge in [0.25, 0.3) is 0 Å². The van der Waals surface area contributed by atoms with E-state index in [4.69, 9.17) is 0 Å². The lowest BCUT2D eigenvalue weighted by atomic mass is 10.2. The summed E-state index contributed by atoms with van der Waals surface area (Å²) in [4.78, 5) is 10.8. The highest BCUT2D eigenvalue weighted by Gasteiger charge is 2.30.